The van der Waals surface area contributed by atoms with Crippen LogP contribution in [0.2, 0.25) is 0 Å². The van der Waals surface area contributed by atoms with Crippen molar-refractivity contribution in [1.29, 1.82) is 0 Å². The van der Waals surface area contributed by atoms with Crippen LogP contribution in [0.5, 0.6) is 5.75 Å². The molecule has 3 nitrogen and oxygen atoms in total. The lowest BCUT2D eigenvalue weighted by Gasteiger charge is -2.08. The lowest BCUT2D eigenvalue weighted by Crippen LogP contribution is -2.30. The van der Waals surface area contributed by atoms with Gasteiger partial charge in [-0.1, -0.05) is 12.1 Å². The standard InChI is InChI=1S/C13H16FNO2/c1-9-3-2-4-11(13(9)14)17-8-12(16)15-7-10-5-6-10/h2-4,10H,5-8H2,1H3,(H,15,16). The molecule has 0 aliphatic heterocycles. The SMILES string of the molecule is Cc1cccc(OCC(=O)NCC2CC2)c1F. The van der Waals surface area contributed by atoms with E-state index in [-0.39, 0.29) is 18.3 Å². The van der Waals surface area contributed by atoms with Crippen LogP contribution in [0.3, 0.4) is 0 Å². The second-order valence-corrected chi connectivity index (χ2v) is 4.42. The molecule has 0 heterocycles. The second-order valence-electron chi connectivity index (χ2n) is 4.42. The summed E-state index contributed by atoms with van der Waals surface area (Å²) < 4.78 is 18.7. The molecule has 1 fully saturated rings. The van der Waals surface area contributed by atoms with E-state index >= 15 is 0 Å². The van der Waals surface area contributed by atoms with Crippen molar-refractivity contribution in [3.8, 4) is 5.75 Å². The lowest BCUT2D eigenvalue weighted by atomic mass is 10.2. The van der Waals surface area contributed by atoms with Crippen molar-refractivity contribution >= 4 is 5.91 Å². The van der Waals surface area contributed by atoms with Gasteiger partial charge < -0.3 is 10.1 Å². The minimum absolute atomic E-state index is 0.131. The van der Waals surface area contributed by atoms with Gasteiger partial charge in [-0.05, 0) is 37.3 Å². The van der Waals surface area contributed by atoms with Gasteiger partial charge in [0.2, 0.25) is 0 Å². The van der Waals surface area contributed by atoms with Crippen LogP contribution in [0.4, 0.5) is 4.39 Å². The first-order valence-electron chi connectivity index (χ1n) is 5.81. The molecule has 1 aliphatic carbocycles. The zero-order valence-electron chi connectivity index (χ0n) is 9.83. The fourth-order valence-corrected chi connectivity index (χ4v) is 1.51. The molecule has 0 radical (unpaired) electrons. The van der Waals surface area contributed by atoms with E-state index in [4.69, 9.17) is 4.74 Å². The van der Waals surface area contributed by atoms with Crippen molar-refractivity contribution in [2.45, 2.75) is 19.8 Å². The predicted molar refractivity (Wildman–Crippen MR) is 62.4 cm³/mol. The fourth-order valence-electron chi connectivity index (χ4n) is 1.51. The van der Waals surface area contributed by atoms with Crippen LogP contribution in [-0.2, 0) is 4.79 Å². The number of amides is 1. The molecular weight excluding hydrogens is 221 g/mol. The molecule has 1 saturated carbocycles. The average molecular weight is 237 g/mol. The number of rotatable bonds is 5. The Morgan fingerprint density at radius 3 is 3.00 bits per heavy atom. The van der Waals surface area contributed by atoms with E-state index in [0.717, 1.165) is 0 Å². The van der Waals surface area contributed by atoms with E-state index in [9.17, 15) is 9.18 Å². The number of hydrogen-bond acceptors (Lipinski definition) is 2. The number of halogens is 1. The van der Waals surface area contributed by atoms with E-state index in [1.165, 1.54) is 18.9 Å². The summed E-state index contributed by atoms with van der Waals surface area (Å²) in [6.45, 7) is 2.24. The summed E-state index contributed by atoms with van der Waals surface area (Å²) >= 11 is 0. The number of carbonyl (C=O) groups is 1. The van der Waals surface area contributed by atoms with Crippen molar-refractivity contribution in [1.82, 2.24) is 5.32 Å². The molecule has 0 atom stereocenters. The Labute approximate surface area is 100.0 Å². The Morgan fingerprint density at radius 2 is 2.29 bits per heavy atom. The van der Waals surface area contributed by atoms with Gasteiger partial charge in [-0.15, -0.1) is 0 Å². The predicted octanol–water partition coefficient (Wildman–Crippen LogP) is 2.04. The zero-order valence-corrected chi connectivity index (χ0v) is 9.83. The Morgan fingerprint density at radius 1 is 1.53 bits per heavy atom. The average Bonchev–Trinajstić information content (AvgIpc) is 3.12. The lowest BCUT2D eigenvalue weighted by molar-refractivity contribution is -0.123. The highest BCUT2D eigenvalue weighted by Gasteiger charge is 2.21. The highest BCUT2D eigenvalue weighted by Crippen LogP contribution is 2.27. The molecule has 0 unspecified atom stereocenters. The van der Waals surface area contributed by atoms with Gasteiger partial charge in [0.25, 0.3) is 5.91 Å². The van der Waals surface area contributed by atoms with Gasteiger partial charge in [0.1, 0.15) is 0 Å². The first-order valence-corrected chi connectivity index (χ1v) is 5.81. The molecule has 0 aromatic heterocycles. The molecule has 1 aliphatic rings. The summed E-state index contributed by atoms with van der Waals surface area (Å²) in [4.78, 5) is 11.4. The molecule has 1 N–H and O–H groups in total. The maximum atomic E-state index is 13.5. The monoisotopic (exact) mass is 237 g/mol. The highest BCUT2D eigenvalue weighted by atomic mass is 19.1. The number of nitrogens with one attached hydrogen (secondary N) is 1. The van der Waals surface area contributed by atoms with Crippen LogP contribution in [-0.4, -0.2) is 19.1 Å². The quantitative estimate of drug-likeness (QED) is 0.851. The van der Waals surface area contributed by atoms with Gasteiger partial charge in [-0.25, -0.2) is 4.39 Å². The topological polar surface area (TPSA) is 38.3 Å². The van der Waals surface area contributed by atoms with Gasteiger partial charge in [-0.3, -0.25) is 4.79 Å². The molecule has 0 bridgehead atoms. The van der Waals surface area contributed by atoms with E-state index in [1.807, 2.05) is 0 Å². The molecule has 4 heteroatoms. The number of aryl methyl sites for hydroxylation is 1. The molecule has 1 aromatic rings. The molecule has 92 valence electrons. The van der Waals surface area contributed by atoms with Crippen molar-refractivity contribution < 1.29 is 13.9 Å². The second kappa shape index (κ2) is 5.17. The van der Waals surface area contributed by atoms with Crippen LogP contribution in [0, 0.1) is 18.7 Å². The third-order valence-corrected chi connectivity index (χ3v) is 2.80. The van der Waals surface area contributed by atoms with Crippen LogP contribution >= 0.6 is 0 Å². The molecule has 0 saturated heterocycles. The number of carbonyl (C=O) groups excluding carboxylic acids is 1. The van der Waals surface area contributed by atoms with E-state index in [0.29, 0.717) is 18.0 Å². The first-order chi connectivity index (χ1) is 8.16. The molecule has 0 spiro atoms. The summed E-state index contributed by atoms with van der Waals surface area (Å²) in [5, 5.41) is 2.76. The minimum Gasteiger partial charge on any atom is -0.481 e. The molecule has 17 heavy (non-hydrogen) atoms. The molecular formula is C13H16FNO2. The van der Waals surface area contributed by atoms with Crippen LogP contribution in [0.25, 0.3) is 0 Å². The maximum Gasteiger partial charge on any atom is 0.257 e. The van der Waals surface area contributed by atoms with Gasteiger partial charge in [0.15, 0.2) is 18.2 Å². The van der Waals surface area contributed by atoms with Gasteiger partial charge in [0, 0.05) is 6.54 Å². The summed E-state index contributed by atoms with van der Waals surface area (Å²) in [5.41, 5.74) is 0.515. The van der Waals surface area contributed by atoms with Crippen molar-refractivity contribution in [3.05, 3.63) is 29.6 Å². The Kier molecular flexibility index (Phi) is 3.61. The van der Waals surface area contributed by atoms with Gasteiger partial charge in [-0.2, -0.15) is 0 Å². The van der Waals surface area contributed by atoms with Crippen LogP contribution < -0.4 is 10.1 Å². The van der Waals surface area contributed by atoms with Crippen LogP contribution in [0.1, 0.15) is 18.4 Å². The Hall–Kier alpha value is -1.58. The smallest absolute Gasteiger partial charge is 0.257 e. The number of hydrogen-bond donors (Lipinski definition) is 1. The fraction of sp³-hybridized carbons (Fsp3) is 0.462. The van der Waals surface area contributed by atoms with Gasteiger partial charge in [0.05, 0.1) is 0 Å². The van der Waals surface area contributed by atoms with E-state index in [2.05, 4.69) is 5.32 Å². The minimum atomic E-state index is -0.400. The van der Waals surface area contributed by atoms with E-state index in [1.54, 1.807) is 19.1 Å². The third kappa shape index (κ3) is 3.44. The Balaban J connectivity index is 1.79. The van der Waals surface area contributed by atoms with E-state index < -0.39 is 5.82 Å². The first kappa shape index (κ1) is 11.9. The number of ether oxygens (including phenoxy) is 1. The maximum absolute atomic E-state index is 13.5. The molecule has 2 rings (SSSR count). The van der Waals surface area contributed by atoms with Gasteiger partial charge >= 0.3 is 0 Å². The summed E-state index contributed by atoms with van der Waals surface area (Å²) in [5.74, 6) is 0.168. The largest absolute Gasteiger partial charge is 0.481 e. The summed E-state index contributed by atoms with van der Waals surface area (Å²) in [7, 11) is 0. The molecule has 1 aromatic carbocycles. The zero-order chi connectivity index (χ0) is 12.3. The van der Waals surface area contributed by atoms with Crippen LogP contribution in [0.15, 0.2) is 18.2 Å². The number of benzene rings is 1. The van der Waals surface area contributed by atoms with Crippen molar-refractivity contribution in [2.24, 2.45) is 5.92 Å². The Bertz CT molecular complexity index is 416. The normalized spacial score (nSPS) is 14.5. The van der Waals surface area contributed by atoms with Crippen molar-refractivity contribution in [2.75, 3.05) is 13.2 Å². The summed E-state index contributed by atoms with van der Waals surface area (Å²) in [6.07, 6.45) is 2.38. The molecule has 1 amide bonds. The summed E-state index contributed by atoms with van der Waals surface area (Å²) in [6, 6.07) is 4.89. The third-order valence-electron chi connectivity index (χ3n) is 2.80. The van der Waals surface area contributed by atoms with Crippen molar-refractivity contribution in [3.63, 3.8) is 0 Å². The highest BCUT2D eigenvalue weighted by molar-refractivity contribution is 5.77.